The summed E-state index contributed by atoms with van der Waals surface area (Å²) in [6, 6.07) is -0.605. The van der Waals surface area contributed by atoms with Crippen molar-refractivity contribution in [3.63, 3.8) is 0 Å². The van der Waals surface area contributed by atoms with Gasteiger partial charge in [-0.05, 0) is 6.42 Å². The molecule has 2 aromatic rings. The average Bonchev–Trinajstić information content (AvgIpc) is 3.16. The van der Waals surface area contributed by atoms with Crippen molar-refractivity contribution < 1.29 is 17.6 Å². The molecule has 22 heavy (non-hydrogen) atoms. The summed E-state index contributed by atoms with van der Waals surface area (Å²) in [5, 5.41) is 8.49. The summed E-state index contributed by atoms with van der Waals surface area (Å²) in [5.74, 6) is 0.644. The van der Waals surface area contributed by atoms with Crippen LogP contribution < -0.4 is 0 Å². The summed E-state index contributed by atoms with van der Waals surface area (Å²) < 4.78 is 38.1. The normalized spacial score (nSPS) is 20.4. The van der Waals surface area contributed by atoms with Gasteiger partial charge in [0.1, 0.15) is 6.04 Å². The van der Waals surface area contributed by atoms with Crippen molar-refractivity contribution in [1.29, 1.82) is 0 Å². The summed E-state index contributed by atoms with van der Waals surface area (Å²) in [6.07, 6.45) is 2.11. The van der Waals surface area contributed by atoms with E-state index in [1.165, 1.54) is 21.8 Å². The lowest BCUT2D eigenvalue weighted by molar-refractivity contribution is 0.0222. The van der Waals surface area contributed by atoms with Crippen molar-refractivity contribution in [2.24, 2.45) is 0 Å². The maximum atomic E-state index is 12.9. The molecule has 0 N–H and O–H groups in total. The highest BCUT2D eigenvalue weighted by Crippen LogP contribution is 2.31. The molecule has 8 nitrogen and oxygen atoms in total. The third kappa shape index (κ3) is 2.78. The molecule has 1 fully saturated rings. The van der Waals surface area contributed by atoms with E-state index in [2.05, 4.69) is 15.2 Å². The van der Waals surface area contributed by atoms with Crippen LogP contribution >= 0.6 is 11.3 Å². The summed E-state index contributed by atoms with van der Waals surface area (Å²) >= 11 is 1.19. The summed E-state index contributed by atoms with van der Waals surface area (Å²) in [5.41, 5.74) is 0. The SMILES string of the molecule is CCc1ncc(S(=O)(=O)N2CCOCC2c2nnc(C)o2)s1. The Labute approximate surface area is 132 Å². The van der Waals surface area contributed by atoms with Crippen LogP contribution in [0, 0.1) is 6.92 Å². The number of aromatic nitrogens is 3. The smallest absolute Gasteiger partial charge is 0.255 e. The van der Waals surface area contributed by atoms with Gasteiger partial charge in [-0.1, -0.05) is 6.92 Å². The van der Waals surface area contributed by atoms with Gasteiger partial charge < -0.3 is 9.15 Å². The average molecular weight is 344 g/mol. The van der Waals surface area contributed by atoms with E-state index in [0.29, 0.717) is 18.9 Å². The zero-order chi connectivity index (χ0) is 15.7. The van der Waals surface area contributed by atoms with Crippen LogP contribution in [0.2, 0.25) is 0 Å². The highest BCUT2D eigenvalue weighted by atomic mass is 32.2. The van der Waals surface area contributed by atoms with Crippen molar-refractivity contribution >= 4 is 21.4 Å². The lowest BCUT2D eigenvalue weighted by Gasteiger charge is -2.31. The molecular formula is C12H16N4O4S2. The second kappa shape index (κ2) is 6.03. The molecule has 0 aromatic carbocycles. The molecule has 1 atom stereocenters. The second-order valence-corrected chi connectivity index (χ2v) is 8.02. The van der Waals surface area contributed by atoms with Gasteiger partial charge >= 0.3 is 0 Å². The van der Waals surface area contributed by atoms with Gasteiger partial charge in [-0.2, -0.15) is 4.31 Å². The van der Waals surface area contributed by atoms with E-state index < -0.39 is 16.1 Å². The molecule has 3 heterocycles. The quantitative estimate of drug-likeness (QED) is 0.820. The number of morpholine rings is 1. The predicted octanol–water partition coefficient (Wildman–Crippen LogP) is 1.16. The van der Waals surface area contributed by atoms with Crippen LogP contribution in [-0.4, -0.2) is 47.7 Å². The fourth-order valence-electron chi connectivity index (χ4n) is 2.21. The van der Waals surface area contributed by atoms with Crippen LogP contribution in [0.4, 0.5) is 0 Å². The van der Waals surface area contributed by atoms with Crippen LogP contribution in [0.3, 0.4) is 0 Å². The Kier molecular flexibility index (Phi) is 4.26. The number of ether oxygens (including phenoxy) is 1. The molecular weight excluding hydrogens is 328 g/mol. The van der Waals surface area contributed by atoms with Gasteiger partial charge in [-0.25, -0.2) is 13.4 Å². The molecule has 120 valence electrons. The van der Waals surface area contributed by atoms with E-state index in [4.69, 9.17) is 9.15 Å². The van der Waals surface area contributed by atoms with Gasteiger partial charge in [0.2, 0.25) is 11.8 Å². The number of nitrogens with zero attached hydrogens (tertiary/aromatic N) is 4. The summed E-state index contributed by atoms with van der Waals surface area (Å²) in [7, 11) is -3.66. The molecule has 1 saturated heterocycles. The van der Waals surface area contributed by atoms with Crippen LogP contribution in [0.25, 0.3) is 0 Å². The Balaban J connectivity index is 1.95. The van der Waals surface area contributed by atoms with E-state index in [-0.39, 0.29) is 23.3 Å². The third-order valence-electron chi connectivity index (χ3n) is 3.30. The topological polar surface area (TPSA) is 98.4 Å². The molecule has 1 unspecified atom stereocenters. The maximum absolute atomic E-state index is 12.9. The number of rotatable bonds is 4. The largest absolute Gasteiger partial charge is 0.424 e. The Hall–Kier alpha value is -1.36. The van der Waals surface area contributed by atoms with E-state index in [1.54, 1.807) is 6.92 Å². The molecule has 1 aliphatic heterocycles. The number of aryl methyl sites for hydroxylation is 2. The Bertz CT molecular complexity index is 755. The molecule has 0 amide bonds. The summed E-state index contributed by atoms with van der Waals surface area (Å²) in [6.45, 7) is 4.38. The van der Waals surface area contributed by atoms with Gasteiger partial charge in [0.25, 0.3) is 10.0 Å². The lowest BCUT2D eigenvalue weighted by Crippen LogP contribution is -2.43. The van der Waals surface area contributed by atoms with E-state index in [0.717, 1.165) is 5.01 Å². The monoisotopic (exact) mass is 344 g/mol. The van der Waals surface area contributed by atoms with Gasteiger partial charge in [-0.15, -0.1) is 21.5 Å². The van der Waals surface area contributed by atoms with Crippen LogP contribution in [0.5, 0.6) is 0 Å². The first-order valence-corrected chi connectivity index (χ1v) is 9.12. The number of hydrogen-bond donors (Lipinski definition) is 0. The Morgan fingerprint density at radius 1 is 1.45 bits per heavy atom. The molecule has 0 radical (unpaired) electrons. The molecule has 3 rings (SSSR count). The first-order valence-electron chi connectivity index (χ1n) is 6.86. The molecule has 2 aromatic heterocycles. The minimum absolute atomic E-state index is 0.195. The van der Waals surface area contributed by atoms with Crippen LogP contribution in [0.1, 0.15) is 29.8 Å². The van der Waals surface area contributed by atoms with Crippen molar-refractivity contribution in [2.75, 3.05) is 19.8 Å². The Morgan fingerprint density at radius 2 is 2.27 bits per heavy atom. The van der Waals surface area contributed by atoms with Gasteiger partial charge in [-0.3, -0.25) is 0 Å². The summed E-state index contributed by atoms with van der Waals surface area (Å²) in [4.78, 5) is 4.13. The third-order valence-corrected chi connectivity index (χ3v) is 6.79. The van der Waals surface area contributed by atoms with Gasteiger partial charge in [0, 0.05) is 13.5 Å². The van der Waals surface area contributed by atoms with Crippen molar-refractivity contribution in [2.45, 2.75) is 30.5 Å². The molecule has 10 heteroatoms. The minimum Gasteiger partial charge on any atom is -0.424 e. The van der Waals surface area contributed by atoms with Crippen molar-refractivity contribution in [1.82, 2.24) is 19.5 Å². The van der Waals surface area contributed by atoms with Crippen molar-refractivity contribution in [3.8, 4) is 0 Å². The number of sulfonamides is 1. The molecule has 1 aliphatic rings. The van der Waals surface area contributed by atoms with Gasteiger partial charge in [0.15, 0.2) is 4.21 Å². The lowest BCUT2D eigenvalue weighted by atomic mass is 10.3. The predicted molar refractivity (Wildman–Crippen MR) is 78.0 cm³/mol. The molecule has 0 bridgehead atoms. The standard InChI is InChI=1S/C12H16N4O4S2/c1-3-10-13-6-11(21-10)22(17,18)16-4-5-19-7-9(16)12-15-14-8(2)20-12/h6,9H,3-5,7H2,1-2H3. The van der Waals surface area contributed by atoms with E-state index in [1.807, 2.05) is 6.92 Å². The Morgan fingerprint density at radius 3 is 2.91 bits per heavy atom. The zero-order valence-electron chi connectivity index (χ0n) is 12.2. The minimum atomic E-state index is -3.66. The number of hydrogen-bond acceptors (Lipinski definition) is 8. The first kappa shape index (κ1) is 15.5. The first-order chi connectivity index (χ1) is 10.5. The highest BCUT2D eigenvalue weighted by molar-refractivity contribution is 7.91. The van der Waals surface area contributed by atoms with Crippen LogP contribution in [-0.2, 0) is 21.2 Å². The fourth-order valence-corrected chi connectivity index (χ4v) is 5.01. The second-order valence-electron chi connectivity index (χ2n) is 4.79. The number of thiazole rings is 1. The molecule has 0 spiro atoms. The van der Waals surface area contributed by atoms with E-state index >= 15 is 0 Å². The molecule has 0 saturated carbocycles. The van der Waals surface area contributed by atoms with Crippen LogP contribution in [0.15, 0.2) is 14.8 Å². The highest BCUT2D eigenvalue weighted by Gasteiger charge is 2.39. The van der Waals surface area contributed by atoms with E-state index in [9.17, 15) is 8.42 Å². The van der Waals surface area contributed by atoms with Crippen molar-refractivity contribution in [3.05, 3.63) is 23.0 Å². The maximum Gasteiger partial charge on any atom is 0.255 e. The zero-order valence-corrected chi connectivity index (χ0v) is 13.9. The molecule has 0 aliphatic carbocycles. The van der Waals surface area contributed by atoms with Gasteiger partial charge in [0.05, 0.1) is 24.4 Å². The fraction of sp³-hybridized carbons (Fsp3) is 0.583.